The molecule has 0 amide bonds. The Hall–Kier alpha value is -1.61. The van der Waals surface area contributed by atoms with Gasteiger partial charge in [0.2, 0.25) is 0 Å². The molecule has 0 aliphatic rings. The number of nitrogens with zero attached hydrogens (tertiary/aromatic N) is 1. The predicted octanol–water partition coefficient (Wildman–Crippen LogP) is 4.59. The van der Waals surface area contributed by atoms with Gasteiger partial charge in [0.25, 0.3) is 0 Å². The highest BCUT2D eigenvalue weighted by atomic mass is 35.5. The van der Waals surface area contributed by atoms with Crippen LogP contribution in [0.4, 0.5) is 18.9 Å². The van der Waals surface area contributed by atoms with Crippen LogP contribution >= 0.6 is 11.6 Å². The van der Waals surface area contributed by atoms with Crippen molar-refractivity contribution in [3.63, 3.8) is 0 Å². The van der Waals surface area contributed by atoms with Gasteiger partial charge in [0.1, 0.15) is 11.3 Å². The monoisotopic (exact) mass is 306 g/mol. The van der Waals surface area contributed by atoms with Gasteiger partial charge in [-0.2, -0.15) is 5.26 Å². The Kier molecular flexibility index (Phi) is 4.77. The molecule has 1 N–H and O–H groups in total. The average molecular weight is 307 g/mol. The highest BCUT2D eigenvalue weighted by molar-refractivity contribution is 6.32. The van der Waals surface area contributed by atoms with Crippen molar-refractivity contribution < 1.29 is 17.9 Å². The van der Waals surface area contributed by atoms with Crippen molar-refractivity contribution in [2.45, 2.75) is 32.7 Å². The van der Waals surface area contributed by atoms with E-state index in [1.165, 1.54) is 12.1 Å². The van der Waals surface area contributed by atoms with E-state index < -0.39 is 17.7 Å². The summed E-state index contributed by atoms with van der Waals surface area (Å²) in [4.78, 5) is 0. The van der Waals surface area contributed by atoms with Crippen LogP contribution in [-0.2, 0) is 0 Å². The maximum Gasteiger partial charge on any atom is 0.573 e. The van der Waals surface area contributed by atoms with Gasteiger partial charge in [-0.05, 0) is 31.0 Å². The molecule has 0 aliphatic carbocycles. The summed E-state index contributed by atoms with van der Waals surface area (Å²) in [5.74, 6) is -0.481. The third-order valence-corrected chi connectivity index (χ3v) is 3.24. The first-order chi connectivity index (χ1) is 9.07. The molecule has 1 aromatic rings. The van der Waals surface area contributed by atoms with E-state index in [9.17, 15) is 18.4 Å². The summed E-state index contributed by atoms with van der Waals surface area (Å²) in [5, 5.41) is 11.9. The SMILES string of the molecule is CC(C)C(C)(C#N)Nc1ccc(OC(F)(F)F)c(Cl)c1. The molecule has 0 fully saturated rings. The number of anilines is 1. The van der Waals surface area contributed by atoms with E-state index in [2.05, 4.69) is 16.1 Å². The first-order valence-electron chi connectivity index (χ1n) is 5.82. The number of nitrogens with one attached hydrogen (secondary N) is 1. The van der Waals surface area contributed by atoms with Crippen molar-refractivity contribution in [2.75, 3.05) is 5.32 Å². The van der Waals surface area contributed by atoms with Crippen LogP contribution in [0.2, 0.25) is 5.02 Å². The number of hydrogen-bond donors (Lipinski definition) is 1. The number of rotatable bonds is 4. The first-order valence-corrected chi connectivity index (χ1v) is 6.20. The summed E-state index contributed by atoms with van der Waals surface area (Å²) >= 11 is 5.74. The molecule has 0 spiro atoms. The minimum absolute atomic E-state index is 0.00243. The van der Waals surface area contributed by atoms with Crippen molar-refractivity contribution in [1.82, 2.24) is 0 Å². The van der Waals surface area contributed by atoms with Crippen molar-refractivity contribution in [1.29, 1.82) is 5.26 Å². The van der Waals surface area contributed by atoms with Crippen LogP contribution in [0, 0.1) is 17.2 Å². The second-order valence-corrected chi connectivity index (χ2v) is 5.19. The summed E-state index contributed by atoms with van der Waals surface area (Å²) in [6.07, 6.45) is -4.79. The molecule has 0 aromatic heterocycles. The van der Waals surface area contributed by atoms with Gasteiger partial charge in [0.05, 0.1) is 11.1 Å². The number of benzene rings is 1. The molecule has 0 radical (unpaired) electrons. The largest absolute Gasteiger partial charge is 0.573 e. The maximum absolute atomic E-state index is 12.1. The van der Waals surface area contributed by atoms with Gasteiger partial charge in [-0.25, -0.2) is 0 Å². The van der Waals surface area contributed by atoms with E-state index in [0.717, 1.165) is 6.07 Å². The second kappa shape index (κ2) is 5.80. The minimum Gasteiger partial charge on any atom is -0.404 e. The standard InChI is InChI=1S/C13H14ClF3N2O/c1-8(2)12(3,7-18)19-9-4-5-11(10(14)6-9)20-13(15,16)17/h4-6,8,19H,1-3H3. The molecule has 20 heavy (non-hydrogen) atoms. The van der Waals surface area contributed by atoms with Gasteiger partial charge >= 0.3 is 6.36 Å². The van der Waals surface area contributed by atoms with Crippen molar-refractivity contribution in [3.8, 4) is 11.8 Å². The van der Waals surface area contributed by atoms with E-state index in [1.54, 1.807) is 6.92 Å². The molecule has 1 unspecified atom stereocenters. The van der Waals surface area contributed by atoms with Gasteiger partial charge in [-0.3, -0.25) is 0 Å². The van der Waals surface area contributed by atoms with Crippen LogP contribution in [0.5, 0.6) is 5.75 Å². The Balaban J connectivity index is 2.97. The summed E-state index contributed by atoms with van der Waals surface area (Å²) in [6.45, 7) is 5.42. The lowest BCUT2D eigenvalue weighted by atomic mass is 9.90. The smallest absolute Gasteiger partial charge is 0.404 e. The zero-order valence-corrected chi connectivity index (χ0v) is 11.9. The molecule has 7 heteroatoms. The summed E-state index contributed by atoms with van der Waals surface area (Å²) in [7, 11) is 0. The Morgan fingerprint density at radius 1 is 1.35 bits per heavy atom. The molecular weight excluding hydrogens is 293 g/mol. The highest BCUT2D eigenvalue weighted by Crippen LogP contribution is 2.33. The quantitative estimate of drug-likeness (QED) is 0.885. The van der Waals surface area contributed by atoms with E-state index in [0.29, 0.717) is 5.69 Å². The Bertz CT molecular complexity index is 525. The molecule has 0 bridgehead atoms. The third-order valence-electron chi connectivity index (χ3n) is 2.95. The number of ether oxygens (including phenoxy) is 1. The summed E-state index contributed by atoms with van der Waals surface area (Å²) < 4.78 is 40.1. The molecule has 3 nitrogen and oxygen atoms in total. The fourth-order valence-corrected chi connectivity index (χ4v) is 1.61. The van der Waals surface area contributed by atoms with Crippen LogP contribution in [0.1, 0.15) is 20.8 Å². The fourth-order valence-electron chi connectivity index (χ4n) is 1.39. The minimum atomic E-state index is -4.79. The molecule has 0 heterocycles. The number of alkyl halides is 3. The van der Waals surface area contributed by atoms with Crippen molar-refractivity contribution >= 4 is 17.3 Å². The lowest BCUT2D eigenvalue weighted by Gasteiger charge is -2.28. The van der Waals surface area contributed by atoms with Crippen LogP contribution in [0.3, 0.4) is 0 Å². The van der Waals surface area contributed by atoms with Crippen LogP contribution < -0.4 is 10.1 Å². The third kappa shape index (κ3) is 4.20. The zero-order chi connectivity index (χ0) is 15.6. The molecule has 1 rings (SSSR count). The van der Waals surface area contributed by atoms with Gasteiger partial charge in [0.15, 0.2) is 0 Å². The average Bonchev–Trinajstić information content (AvgIpc) is 2.31. The van der Waals surface area contributed by atoms with Crippen LogP contribution in [-0.4, -0.2) is 11.9 Å². The first kappa shape index (κ1) is 16.4. The van der Waals surface area contributed by atoms with Gasteiger partial charge in [-0.1, -0.05) is 25.4 Å². The van der Waals surface area contributed by atoms with Gasteiger partial charge in [-0.15, -0.1) is 13.2 Å². The Morgan fingerprint density at radius 2 is 1.95 bits per heavy atom. The van der Waals surface area contributed by atoms with Crippen molar-refractivity contribution in [3.05, 3.63) is 23.2 Å². The normalized spacial score (nSPS) is 14.6. The molecule has 1 atom stereocenters. The predicted molar refractivity (Wildman–Crippen MR) is 70.6 cm³/mol. The zero-order valence-electron chi connectivity index (χ0n) is 11.2. The van der Waals surface area contributed by atoms with E-state index in [1.807, 2.05) is 13.8 Å². The fraction of sp³-hybridized carbons (Fsp3) is 0.462. The Labute approximate surface area is 120 Å². The molecule has 0 aliphatic heterocycles. The lowest BCUT2D eigenvalue weighted by molar-refractivity contribution is -0.274. The molecule has 0 saturated carbocycles. The van der Waals surface area contributed by atoms with E-state index in [-0.39, 0.29) is 10.9 Å². The van der Waals surface area contributed by atoms with Gasteiger partial charge in [0, 0.05) is 5.69 Å². The van der Waals surface area contributed by atoms with Crippen LogP contribution in [0.25, 0.3) is 0 Å². The molecule has 0 saturated heterocycles. The number of nitriles is 1. The number of hydrogen-bond acceptors (Lipinski definition) is 3. The van der Waals surface area contributed by atoms with Gasteiger partial charge < -0.3 is 10.1 Å². The topological polar surface area (TPSA) is 45.0 Å². The van der Waals surface area contributed by atoms with E-state index in [4.69, 9.17) is 11.6 Å². The van der Waals surface area contributed by atoms with E-state index >= 15 is 0 Å². The molecule has 1 aromatic carbocycles. The Morgan fingerprint density at radius 3 is 2.35 bits per heavy atom. The second-order valence-electron chi connectivity index (χ2n) is 4.79. The van der Waals surface area contributed by atoms with Crippen molar-refractivity contribution in [2.24, 2.45) is 5.92 Å². The summed E-state index contributed by atoms with van der Waals surface area (Å²) in [5.41, 5.74) is -0.405. The molecular formula is C13H14ClF3N2O. The summed E-state index contributed by atoms with van der Waals surface area (Å²) in [6, 6.07) is 5.91. The molecule has 110 valence electrons. The highest BCUT2D eigenvalue weighted by Gasteiger charge is 2.32. The number of halogens is 4. The maximum atomic E-state index is 12.1. The lowest BCUT2D eigenvalue weighted by Crippen LogP contribution is -2.38. The van der Waals surface area contributed by atoms with Crippen LogP contribution in [0.15, 0.2) is 18.2 Å².